The van der Waals surface area contributed by atoms with Crippen molar-refractivity contribution in [3.8, 4) is 0 Å². The minimum atomic E-state index is -0.951. The van der Waals surface area contributed by atoms with E-state index in [1.54, 1.807) is 26.0 Å². The van der Waals surface area contributed by atoms with Crippen LogP contribution in [-0.2, 0) is 4.79 Å². The molecule has 0 aliphatic heterocycles. The zero-order chi connectivity index (χ0) is 12.1. The van der Waals surface area contributed by atoms with Crippen molar-refractivity contribution in [2.75, 3.05) is 0 Å². The lowest BCUT2D eigenvalue weighted by molar-refractivity contribution is -0.139. The Morgan fingerprint density at radius 1 is 1.38 bits per heavy atom. The third-order valence-electron chi connectivity index (χ3n) is 2.14. The fraction of sp³-hybridized carbons (Fsp3) is 0.333. The molecule has 86 valence electrons. The second-order valence-corrected chi connectivity index (χ2v) is 3.86. The maximum Gasteiger partial charge on any atom is 0.328 e. The van der Waals surface area contributed by atoms with E-state index in [-0.39, 0.29) is 11.7 Å². The average molecular weight is 223 g/mol. The first-order chi connectivity index (χ1) is 7.50. The van der Waals surface area contributed by atoms with Crippen LogP contribution in [0.3, 0.4) is 0 Å². The van der Waals surface area contributed by atoms with Gasteiger partial charge in [-0.3, -0.25) is 4.99 Å². The van der Waals surface area contributed by atoms with Crippen LogP contribution in [0.4, 0.5) is 4.39 Å². The fourth-order valence-electron chi connectivity index (χ4n) is 1.24. The molecule has 4 heteroatoms. The Labute approximate surface area is 93.6 Å². The molecule has 1 aromatic rings. The van der Waals surface area contributed by atoms with Crippen molar-refractivity contribution in [2.24, 2.45) is 10.9 Å². The Hall–Kier alpha value is -1.71. The van der Waals surface area contributed by atoms with Crippen LogP contribution in [0.25, 0.3) is 0 Å². The number of hydrogen-bond acceptors (Lipinski definition) is 2. The molecule has 0 aliphatic carbocycles. The smallest absolute Gasteiger partial charge is 0.328 e. The maximum absolute atomic E-state index is 12.6. The molecular formula is C12H14FNO2. The summed E-state index contributed by atoms with van der Waals surface area (Å²) < 4.78 is 12.6. The van der Waals surface area contributed by atoms with Crippen molar-refractivity contribution in [1.29, 1.82) is 0 Å². The topological polar surface area (TPSA) is 49.7 Å². The van der Waals surface area contributed by atoms with Gasteiger partial charge in [-0.15, -0.1) is 0 Å². The number of rotatable bonds is 4. The number of carboxylic acids is 1. The summed E-state index contributed by atoms with van der Waals surface area (Å²) in [4.78, 5) is 14.8. The van der Waals surface area contributed by atoms with Gasteiger partial charge in [0.25, 0.3) is 0 Å². The Bertz CT molecular complexity index is 385. The Morgan fingerprint density at radius 2 is 1.94 bits per heavy atom. The number of carboxylic acid groups (broad SMARTS) is 1. The summed E-state index contributed by atoms with van der Waals surface area (Å²) in [5.41, 5.74) is 0.688. The molecular weight excluding hydrogens is 209 g/mol. The predicted octanol–water partition coefficient (Wildman–Crippen LogP) is 2.35. The van der Waals surface area contributed by atoms with Crippen LogP contribution >= 0.6 is 0 Å². The highest BCUT2D eigenvalue weighted by molar-refractivity contribution is 5.83. The summed E-state index contributed by atoms with van der Waals surface area (Å²) >= 11 is 0. The van der Waals surface area contributed by atoms with E-state index in [0.29, 0.717) is 5.56 Å². The molecule has 0 fully saturated rings. The van der Waals surface area contributed by atoms with Gasteiger partial charge in [-0.1, -0.05) is 26.0 Å². The van der Waals surface area contributed by atoms with E-state index in [0.717, 1.165) is 0 Å². The van der Waals surface area contributed by atoms with Gasteiger partial charge in [-0.2, -0.15) is 0 Å². The van der Waals surface area contributed by atoms with Crippen LogP contribution in [0.1, 0.15) is 19.4 Å². The van der Waals surface area contributed by atoms with Crippen molar-refractivity contribution >= 4 is 12.2 Å². The monoisotopic (exact) mass is 223 g/mol. The summed E-state index contributed by atoms with van der Waals surface area (Å²) in [7, 11) is 0. The molecule has 1 aromatic carbocycles. The Morgan fingerprint density at radius 3 is 2.38 bits per heavy atom. The molecule has 0 amide bonds. The van der Waals surface area contributed by atoms with Gasteiger partial charge in [-0.25, -0.2) is 9.18 Å². The molecule has 0 bridgehead atoms. The maximum atomic E-state index is 12.6. The van der Waals surface area contributed by atoms with Crippen molar-refractivity contribution in [2.45, 2.75) is 19.9 Å². The second kappa shape index (κ2) is 5.39. The molecule has 1 rings (SSSR count). The molecule has 0 saturated heterocycles. The highest BCUT2D eigenvalue weighted by atomic mass is 19.1. The summed E-state index contributed by atoms with van der Waals surface area (Å²) in [6, 6.07) is 4.97. The molecule has 0 aliphatic rings. The number of aliphatic carboxylic acids is 1. The van der Waals surface area contributed by atoms with E-state index in [4.69, 9.17) is 5.11 Å². The van der Waals surface area contributed by atoms with Crippen LogP contribution in [0, 0.1) is 11.7 Å². The molecule has 0 spiro atoms. The normalized spacial score (nSPS) is 13.2. The average Bonchev–Trinajstić information content (AvgIpc) is 2.20. The quantitative estimate of drug-likeness (QED) is 0.796. The van der Waals surface area contributed by atoms with E-state index < -0.39 is 12.0 Å². The summed E-state index contributed by atoms with van der Waals surface area (Å²) in [5, 5.41) is 8.89. The standard InChI is InChI=1S/C12H14FNO2/c1-8(2)11(12(15)16)14-7-9-3-5-10(13)6-4-9/h3-8,11H,1-2H3,(H,15,16)/t11-/m0/s1. The molecule has 1 N–H and O–H groups in total. The molecule has 0 saturated carbocycles. The zero-order valence-corrected chi connectivity index (χ0v) is 9.22. The van der Waals surface area contributed by atoms with Crippen LogP contribution in [0.2, 0.25) is 0 Å². The van der Waals surface area contributed by atoms with Crippen LogP contribution in [0.15, 0.2) is 29.3 Å². The van der Waals surface area contributed by atoms with Gasteiger partial charge in [0.15, 0.2) is 0 Å². The van der Waals surface area contributed by atoms with Crippen molar-refractivity contribution in [3.05, 3.63) is 35.6 Å². The van der Waals surface area contributed by atoms with Gasteiger partial charge in [0.1, 0.15) is 11.9 Å². The molecule has 3 nitrogen and oxygen atoms in total. The van der Waals surface area contributed by atoms with Crippen molar-refractivity contribution in [1.82, 2.24) is 0 Å². The van der Waals surface area contributed by atoms with E-state index >= 15 is 0 Å². The number of carbonyl (C=O) groups is 1. The van der Waals surface area contributed by atoms with E-state index in [9.17, 15) is 9.18 Å². The lowest BCUT2D eigenvalue weighted by Gasteiger charge is -2.10. The van der Waals surface area contributed by atoms with Crippen molar-refractivity contribution < 1.29 is 14.3 Å². The molecule has 0 radical (unpaired) electrons. The number of nitrogens with zero attached hydrogens (tertiary/aromatic N) is 1. The van der Waals surface area contributed by atoms with Gasteiger partial charge in [0.05, 0.1) is 0 Å². The van der Waals surface area contributed by atoms with E-state index in [1.165, 1.54) is 18.3 Å². The third kappa shape index (κ3) is 3.46. The lowest BCUT2D eigenvalue weighted by Crippen LogP contribution is -2.24. The third-order valence-corrected chi connectivity index (χ3v) is 2.14. The summed E-state index contributed by atoms with van der Waals surface area (Å²) in [6.45, 7) is 3.58. The SMILES string of the molecule is CC(C)[C@H](N=Cc1ccc(F)cc1)C(=O)O. The van der Waals surface area contributed by atoms with Crippen LogP contribution in [-0.4, -0.2) is 23.3 Å². The van der Waals surface area contributed by atoms with Crippen LogP contribution in [0.5, 0.6) is 0 Å². The number of halogens is 1. The molecule has 0 aromatic heterocycles. The van der Waals surface area contributed by atoms with Gasteiger partial charge in [0, 0.05) is 6.21 Å². The lowest BCUT2D eigenvalue weighted by atomic mass is 10.1. The first-order valence-corrected chi connectivity index (χ1v) is 5.02. The van der Waals surface area contributed by atoms with E-state index in [1.807, 2.05) is 0 Å². The van der Waals surface area contributed by atoms with Gasteiger partial charge >= 0.3 is 5.97 Å². The first kappa shape index (κ1) is 12.4. The van der Waals surface area contributed by atoms with Crippen LogP contribution < -0.4 is 0 Å². The summed E-state index contributed by atoms with van der Waals surface area (Å²) in [5.74, 6) is -1.35. The minimum Gasteiger partial charge on any atom is -0.480 e. The second-order valence-electron chi connectivity index (χ2n) is 3.86. The fourth-order valence-corrected chi connectivity index (χ4v) is 1.24. The summed E-state index contributed by atoms with van der Waals surface area (Å²) in [6.07, 6.45) is 1.46. The number of benzene rings is 1. The largest absolute Gasteiger partial charge is 0.480 e. The Kier molecular flexibility index (Phi) is 4.17. The van der Waals surface area contributed by atoms with Gasteiger partial charge in [0.2, 0.25) is 0 Å². The Balaban J connectivity index is 2.78. The van der Waals surface area contributed by atoms with Crippen molar-refractivity contribution in [3.63, 3.8) is 0 Å². The van der Waals surface area contributed by atoms with Gasteiger partial charge in [-0.05, 0) is 23.6 Å². The van der Waals surface area contributed by atoms with Gasteiger partial charge < -0.3 is 5.11 Å². The predicted molar refractivity (Wildman–Crippen MR) is 60.3 cm³/mol. The molecule has 1 atom stereocenters. The molecule has 0 heterocycles. The minimum absolute atomic E-state index is 0.0748. The zero-order valence-electron chi connectivity index (χ0n) is 9.22. The molecule has 0 unspecified atom stereocenters. The number of hydrogen-bond donors (Lipinski definition) is 1. The highest BCUT2D eigenvalue weighted by Gasteiger charge is 2.18. The highest BCUT2D eigenvalue weighted by Crippen LogP contribution is 2.07. The van der Waals surface area contributed by atoms with E-state index in [2.05, 4.69) is 4.99 Å². The number of aliphatic imine (C=N–C) groups is 1. The molecule has 16 heavy (non-hydrogen) atoms. The first-order valence-electron chi connectivity index (χ1n) is 5.02.